The normalized spacial score (nSPS) is 22.0. The predicted octanol–water partition coefficient (Wildman–Crippen LogP) is 3.41. The Morgan fingerprint density at radius 1 is 1.36 bits per heavy atom. The largest absolute Gasteiger partial charge is 0.337 e. The lowest BCUT2D eigenvalue weighted by Gasteiger charge is -2.28. The van der Waals surface area contributed by atoms with Crippen molar-refractivity contribution in [3.8, 4) is 0 Å². The van der Waals surface area contributed by atoms with Gasteiger partial charge in [0, 0.05) is 31.6 Å². The number of likely N-dealkylation sites (tertiary alicyclic amines) is 1. The predicted molar refractivity (Wildman–Crippen MR) is 92.0 cm³/mol. The molecule has 2 heterocycles. The van der Waals surface area contributed by atoms with Gasteiger partial charge in [0.05, 0.1) is 5.02 Å². The Balaban J connectivity index is 1.65. The van der Waals surface area contributed by atoms with E-state index in [-0.39, 0.29) is 22.3 Å². The lowest BCUT2D eigenvalue weighted by molar-refractivity contribution is 0.0773. The lowest BCUT2D eigenvalue weighted by atomic mass is 9.76. The summed E-state index contributed by atoms with van der Waals surface area (Å²) in [5, 5.41) is 8.31. The molecule has 1 saturated carbocycles. The molecule has 0 radical (unpaired) electrons. The summed E-state index contributed by atoms with van der Waals surface area (Å²) in [5.74, 6) is 0.512. The molecule has 5 nitrogen and oxygen atoms in total. The molecule has 1 unspecified atom stereocenters. The van der Waals surface area contributed by atoms with Gasteiger partial charge in [0.1, 0.15) is 18.0 Å². The van der Waals surface area contributed by atoms with Crippen molar-refractivity contribution in [1.29, 1.82) is 0 Å². The highest BCUT2D eigenvalue weighted by Gasteiger charge is 2.51. The molecule has 4 rings (SSSR count). The fourth-order valence-electron chi connectivity index (χ4n) is 4.48. The van der Waals surface area contributed by atoms with Gasteiger partial charge >= 0.3 is 0 Å². The highest BCUT2D eigenvalue weighted by molar-refractivity contribution is 6.31. The molecular weight excluding hydrogens is 343 g/mol. The molecule has 1 spiro atoms. The van der Waals surface area contributed by atoms with E-state index in [9.17, 15) is 9.18 Å². The average molecular weight is 363 g/mol. The first-order chi connectivity index (χ1) is 12.0. The first-order valence-electron chi connectivity index (χ1n) is 8.58. The zero-order chi connectivity index (χ0) is 17.6. The number of carbonyl (C=O) groups excluding carboxylic acids is 1. The molecule has 1 aromatic heterocycles. The number of benzene rings is 1. The maximum absolute atomic E-state index is 13.4. The van der Waals surface area contributed by atoms with Crippen LogP contribution in [0.4, 0.5) is 4.39 Å². The minimum absolute atomic E-state index is 0.0227. The zero-order valence-corrected chi connectivity index (χ0v) is 14.8. The Morgan fingerprint density at radius 2 is 2.12 bits per heavy atom. The SMILES string of the molecule is Cn1cnnc1C1CN(C(=O)c2ccc(F)c(Cl)c2)CC12CCCC2. The number of rotatable bonds is 2. The van der Waals surface area contributed by atoms with Gasteiger partial charge in [-0.1, -0.05) is 24.4 Å². The molecule has 2 fully saturated rings. The Hall–Kier alpha value is -1.95. The summed E-state index contributed by atoms with van der Waals surface area (Å²) in [6.45, 7) is 1.32. The van der Waals surface area contributed by atoms with Crippen molar-refractivity contribution in [2.75, 3.05) is 13.1 Å². The first kappa shape index (κ1) is 16.5. The molecule has 1 aromatic carbocycles. The van der Waals surface area contributed by atoms with Gasteiger partial charge in [-0.2, -0.15) is 0 Å². The Morgan fingerprint density at radius 3 is 2.76 bits per heavy atom. The van der Waals surface area contributed by atoms with Gasteiger partial charge in [0.25, 0.3) is 5.91 Å². The van der Waals surface area contributed by atoms with Crippen LogP contribution in [0.5, 0.6) is 0 Å². The van der Waals surface area contributed by atoms with E-state index in [0.29, 0.717) is 18.7 Å². The fraction of sp³-hybridized carbons (Fsp3) is 0.500. The van der Waals surface area contributed by atoms with Crippen LogP contribution >= 0.6 is 11.6 Å². The minimum atomic E-state index is -0.510. The topological polar surface area (TPSA) is 51.0 Å². The van der Waals surface area contributed by atoms with Crippen LogP contribution in [-0.4, -0.2) is 38.7 Å². The molecule has 1 atom stereocenters. The van der Waals surface area contributed by atoms with Crippen LogP contribution < -0.4 is 0 Å². The van der Waals surface area contributed by atoms with Crippen molar-refractivity contribution in [3.05, 3.63) is 46.8 Å². The van der Waals surface area contributed by atoms with Gasteiger partial charge in [-0.3, -0.25) is 4.79 Å². The van der Waals surface area contributed by atoms with Gasteiger partial charge < -0.3 is 9.47 Å². The minimum Gasteiger partial charge on any atom is -0.337 e. The monoisotopic (exact) mass is 362 g/mol. The van der Waals surface area contributed by atoms with E-state index in [1.54, 1.807) is 6.33 Å². The number of halogens is 2. The average Bonchev–Trinajstić information content (AvgIpc) is 3.31. The molecule has 0 bridgehead atoms. The van der Waals surface area contributed by atoms with E-state index in [0.717, 1.165) is 18.7 Å². The molecule has 7 heteroatoms. The number of carbonyl (C=O) groups is 1. The molecule has 1 aliphatic heterocycles. The second-order valence-electron chi connectivity index (χ2n) is 7.24. The van der Waals surface area contributed by atoms with E-state index in [1.165, 1.54) is 31.0 Å². The second kappa shape index (κ2) is 6.09. The summed E-state index contributed by atoms with van der Waals surface area (Å²) >= 11 is 5.85. The summed E-state index contributed by atoms with van der Waals surface area (Å²) in [5.41, 5.74) is 0.499. The van der Waals surface area contributed by atoms with E-state index in [1.807, 2.05) is 16.5 Å². The summed E-state index contributed by atoms with van der Waals surface area (Å²) in [4.78, 5) is 14.8. The van der Waals surface area contributed by atoms with Crippen LogP contribution in [0, 0.1) is 11.2 Å². The van der Waals surface area contributed by atoms with Crippen LogP contribution in [-0.2, 0) is 7.05 Å². The van der Waals surface area contributed by atoms with Gasteiger partial charge in [0.2, 0.25) is 0 Å². The number of nitrogens with zero attached hydrogens (tertiary/aromatic N) is 4. The zero-order valence-electron chi connectivity index (χ0n) is 14.1. The van der Waals surface area contributed by atoms with E-state index < -0.39 is 5.82 Å². The van der Waals surface area contributed by atoms with Crippen LogP contribution in [0.2, 0.25) is 5.02 Å². The quantitative estimate of drug-likeness (QED) is 0.822. The summed E-state index contributed by atoms with van der Waals surface area (Å²) < 4.78 is 15.3. The van der Waals surface area contributed by atoms with Crippen molar-refractivity contribution < 1.29 is 9.18 Å². The number of amides is 1. The Labute approximate surface area is 150 Å². The third kappa shape index (κ3) is 2.72. The number of hydrogen-bond donors (Lipinski definition) is 0. The van der Waals surface area contributed by atoms with E-state index in [2.05, 4.69) is 10.2 Å². The molecule has 132 valence electrons. The molecule has 1 amide bonds. The molecule has 1 saturated heterocycles. The van der Waals surface area contributed by atoms with Crippen molar-refractivity contribution in [2.45, 2.75) is 31.6 Å². The molecule has 1 aliphatic carbocycles. The number of hydrogen-bond acceptors (Lipinski definition) is 3. The van der Waals surface area contributed by atoms with Gasteiger partial charge in [-0.05, 0) is 36.5 Å². The molecule has 25 heavy (non-hydrogen) atoms. The Bertz CT molecular complexity index is 815. The smallest absolute Gasteiger partial charge is 0.253 e. The molecule has 2 aliphatic rings. The fourth-order valence-corrected chi connectivity index (χ4v) is 4.66. The second-order valence-corrected chi connectivity index (χ2v) is 7.64. The summed E-state index contributed by atoms with van der Waals surface area (Å²) in [6.07, 6.45) is 6.26. The van der Waals surface area contributed by atoms with Crippen LogP contribution in [0.25, 0.3) is 0 Å². The van der Waals surface area contributed by atoms with Crippen molar-refractivity contribution in [3.63, 3.8) is 0 Å². The third-order valence-electron chi connectivity index (χ3n) is 5.76. The van der Waals surface area contributed by atoms with Gasteiger partial charge in [0.15, 0.2) is 0 Å². The van der Waals surface area contributed by atoms with E-state index >= 15 is 0 Å². The van der Waals surface area contributed by atoms with Crippen LogP contribution in [0.15, 0.2) is 24.5 Å². The van der Waals surface area contributed by atoms with Crippen LogP contribution in [0.1, 0.15) is 47.8 Å². The van der Waals surface area contributed by atoms with Gasteiger partial charge in [-0.15, -0.1) is 10.2 Å². The van der Waals surface area contributed by atoms with Crippen LogP contribution in [0.3, 0.4) is 0 Å². The Kier molecular flexibility index (Phi) is 4.02. The number of aryl methyl sites for hydroxylation is 1. The summed E-state index contributed by atoms with van der Waals surface area (Å²) in [6, 6.07) is 4.16. The first-order valence-corrected chi connectivity index (χ1v) is 8.96. The maximum Gasteiger partial charge on any atom is 0.253 e. The van der Waals surface area contributed by atoms with Gasteiger partial charge in [-0.25, -0.2) is 4.39 Å². The lowest BCUT2D eigenvalue weighted by Crippen LogP contribution is -2.31. The van der Waals surface area contributed by atoms with E-state index in [4.69, 9.17) is 11.6 Å². The summed E-state index contributed by atoms with van der Waals surface area (Å²) in [7, 11) is 1.95. The van der Waals surface area contributed by atoms with Crippen molar-refractivity contribution in [1.82, 2.24) is 19.7 Å². The standard InChI is InChI=1S/C18H20ClFN4O/c1-23-11-21-22-16(23)13-9-24(10-18(13)6-2-3-7-18)17(25)12-4-5-15(20)14(19)8-12/h4-5,8,11,13H,2-3,6-7,9-10H2,1H3. The number of aromatic nitrogens is 3. The maximum atomic E-state index is 13.4. The molecule has 2 aromatic rings. The highest BCUT2D eigenvalue weighted by Crippen LogP contribution is 2.53. The van der Waals surface area contributed by atoms with Crippen molar-refractivity contribution in [2.24, 2.45) is 12.5 Å². The molecule has 0 N–H and O–H groups in total. The molecular formula is C18H20ClFN4O. The highest BCUT2D eigenvalue weighted by atomic mass is 35.5. The third-order valence-corrected chi connectivity index (χ3v) is 6.05. The van der Waals surface area contributed by atoms with Crippen molar-refractivity contribution >= 4 is 17.5 Å².